The van der Waals surface area contributed by atoms with Gasteiger partial charge in [-0.15, -0.1) is 0 Å². The molecule has 1 saturated heterocycles. The average molecular weight is 385 g/mol. The van der Waals surface area contributed by atoms with Gasteiger partial charge in [0.1, 0.15) is 17.0 Å². The maximum atomic E-state index is 12.5. The number of aryl methyl sites for hydroxylation is 1. The SMILES string of the molecule is Cc1c(C2CN(C(=O)/C=C/c3cnc4[nH]c(=O)ccc4c3)C2)oc2ccccc12. The Kier molecular flexibility index (Phi) is 4.05. The van der Waals surface area contributed by atoms with E-state index in [1.54, 1.807) is 29.3 Å². The molecule has 4 aromatic rings. The van der Waals surface area contributed by atoms with Gasteiger partial charge in [-0.2, -0.15) is 0 Å². The molecule has 0 spiro atoms. The first-order valence-electron chi connectivity index (χ1n) is 9.52. The summed E-state index contributed by atoms with van der Waals surface area (Å²) < 4.78 is 6.02. The van der Waals surface area contributed by atoms with E-state index in [0.717, 1.165) is 33.2 Å². The first-order valence-corrected chi connectivity index (χ1v) is 9.52. The zero-order valence-corrected chi connectivity index (χ0v) is 15.9. The number of carbonyl (C=O) groups excluding carboxylic acids is 1. The molecule has 29 heavy (non-hydrogen) atoms. The van der Waals surface area contributed by atoms with E-state index in [2.05, 4.69) is 23.0 Å². The van der Waals surface area contributed by atoms with Crippen molar-refractivity contribution >= 4 is 34.0 Å². The fourth-order valence-electron chi connectivity index (χ4n) is 3.83. The average Bonchev–Trinajstić information content (AvgIpc) is 3.02. The molecule has 6 nitrogen and oxygen atoms in total. The van der Waals surface area contributed by atoms with Gasteiger partial charge in [-0.05, 0) is 42.3 Å². The Morgan fingerprint density at radius 3 is 2.90 bits per heavy atom. The third kappa shape index (κ3) is 3.12. The Bertz CT molecular complexity index is 1330. The molecule has 0 unspecified atom stereocenters. The molecule has 0 saturated carbocycles. The Hall–Kier alpha value is -3.67. The molecule has 1 fully saturated rings. The Morgan fingerprint density at radius 1 is 1.24 bits per heavy atom. The number of benzene rings is 1. The van der Waals surface area contributed by atoms with Gasteiger partial charge < -0.3 is 14.3 Å². The van der Waals surface area contributed by atoms with Crippen LogP contribution in [-0.2, 0) is 4.79 Å². The van der Waals surface area contributed by atoms with E-state index in [9.17, 15) is 9.59 Å². The number of para-hydroxylation sites is 1. The van der Waals surface area contributed by atoms with Gasteiger partial charge >= 0.3 is 0 Å². The summed E-state index contributed by atoms with van der Waals surface area (Å²) >= 11 is 0. The number of aromatic amines is 1. The standard InChI is InChI=1S/C23H19N3O3/c1-14-18-4-2-3-5-19(18)29-22(14)17-12-26(13-17)21(28)9-6-15-10-16-7-8-20(27)25-23(16)24-11-15/h2-11,17H,12-13H2,1H3,(H,24,25,27)/b9-6+. The first-order chi connectivity index (χ1) is 14.1. The van der Waals surface area contributed by atoms with Crippen molar-refractivity contribution in [3.8, 4) is 0 Å². The Balaban J connectivity index is 1.27. The number of amides is 1. The highest BCUT2D eigenvalue weighted by Crippen LogP contribution is 2.35. The predicted molar refractivity (Wildman–Crippen MR) is 112 cm³/mol. The van der Waals surface area contributed by atoms with E-state index >= 15 is 0 Å². The fraction of sp³-hybridized carbons (Fsp3) is 0.174. The molecule has 1 N–H and O–H groups in total. The van der Waals surface area contributed by atoms with Crippen molar-refractivity contribution in [2.45, 2.75) is 12.8 Å². The van der Waals surface area contributed by atoms with Crippen LogP contribution in [0.5, 0.6) is 0 Å². The number of rotatable bonds is 3. The maximum absolute atomic E-state index is 12.5. The lowest BCUT2D eigenvalue weighted by molar-refractivity contribution is -0.130. The lowest BCUT2D eigenvalue weighted by Crippen LogP contribution is -2.47. The van der Waals surface area contributed by atoms with Crippen molar-refractivity contribution in [3.05, 3.63) is 82.0 Å². The van der Waals surface area contributed by atoms with E-state index in [4.69, 9.17) is 4.42 Å². The lowest BCUT2D eigenvalue weighted by Gasteiger charge is -2.37. The second-order valence-corrected chi connectivity index (χ2v) is 7.39. The van der Waals surface area contributed by atoms with Crippen molar-refractivity contribution < 1.29 is 9.21 Å². The van der Waals surface area contributed by atoms with Crippen LogP contribution >= 0.6 is 0 Å². The molecule has 1 amide bonds. The summed E-state index contributed by atoms with van der Waals surface area (Å²) in [5.41, 5.74) is 3.22. The minimum atomic E-state index is -0.185. The van der Waals surface area contributed by atoms with Crippen LogP contribution in [0.4, 0.5) is 0 Å². The van der Waals surface area contributed by atoms with E-state index < -0.39 is 0 Å². The molecule has 1 aromatic carbocycles. The third-order valence-corrected chi connectivity index (χ3v) is 5.46. The number of fused-ring (bicyclic) bond motifs is 2. The number of pyridine rings is 2. The van der Waals surface area contributed by atoms with Gasteiger partial charge in [-0.3, -0.25) is 9.59 Å². The van der Waals surface area contributed by atoms with Gasteiger partial charge in [0.15, 0.2) is 0 Å². The number of hydrogen-bond acceptors (Lipinski definition) is 4. The quantitative estimate of drug-likeness (QED) is 0.547. The normalized spacial score (nSPS) is 14.7. The topological polar surface area (TPSA) is 79.2 Å². The highest BCUT2D eigenvalue weighted by Gasteiger charge is 2.34. The van der Waals surface area contributed by atoms with Gasteiger partial charge in [0.05, 0.1) is 5.92 Å². The van der Waals surface area contributed by atoms with Gasteiger partial charge in [-0.25, -0.2) is 4.98 Å². The smallest absolute Gasteiger partial charge is 0.249 e. The van der Waals surface area contributed by atoms with Crippen LogP contribution in [0.15, 0.2) is 63.9 Å². The number of H-pyrrole nitrogens is 1. The highest BCUT2D eigenvalue weighted by molar-refractivity contribution is 5.93. The molecular formula is C23H19N3O3. The minimum absolute atomic E-state index is 0.0309. The number of carbonyl (C=O) groups is 1. The number of hydrogen-bond donors (Lipinski definition) is 1. The van der Waals surface area contributed by atoms with Crippen molar-refractivity contribution in [3.63, 3.8) is 0 Å². The Labute approximate surface area is 166 Å². The van der Waals surface area contributed by atoms with E-state index in [0.29, 0.717) is 18.7 Å². The Morgan fingerprint density at radius 2 is 2.07 bits per heavy atom. The van der Waals surface area contributed by atoms with Crippen LogP contribution in [0.3, 0.4) is 0 Å². The summed E-state index contributed by atoms with van der Waals surface area (Å²) in [6.07, 6.45) is 4.95. The molecule has 0 atom stereocenters. The van der Waals surface area contributed by atoms with Crippen molar-refractivity contribution in [1.29, 1.82) is 0 Å². The number of furan rings is 1. The number of aromatic nitrogens is 2. The van der Waals surface area contributed by atoms with Crippen LogP contribution in [0.25, 0.3) is 28.1 Å². The van der Waals surface area contributed by atoms with Gasteiger partial charge in [0.25, 0.3) is 0 Å². The summed E-state index contributed by atoms with van der Waals surface area (Å²) in [5, 5.41) is 1.96. The van der Waals surface area contributed by atoms with Crippen LogP contribution < -0.4 is 5.56 Å². The molecule has 4 heterocycles. The summed E-state index contributed by atoms with van der Waals surface area (Å²) in [7, 11) is 0. The molecule has 5 rings (SSSR count). The monoisotopic (exact) mass is 385 g/mol. The van der Waals surface area contributed by atoms with Gasteiger partial charge in [0, 0.05) is 42.2 Å². The van der Waals surface area contributed by atoms with Crippen molar-refractivity contribution in [1.82, 2.24) is 14.9 Å². The van der Waals surface area contributed by atoms with Crippen LogP contribution in [-0.4, -0.2) is 33.9 Å². The molecule has 3 aromatic heterocycles. The number of nitrogens with zero attached hydrogens (tertiary/aromatic N) is 2. The largest absolute Gasteiger partial charge is 0.460 e. The summed E-state index contributed by atoms with van der Waals surface area (Å²) in [6, 6.07) is 13.1. The van der Waals surface area contributed by atoms with Crippen molar-refractivity contribution in [2.75, 3.05) is 13.1 Å². The molecule has 6 heteroatoms. The maximum Gasteiger partial charge on any atom is 0.249 e. The molecule has 144 valence electrons. The number of nitrogens with one attached hydrogen (secondary N) is 1. The van der Waals surface area contributed by atoms with E-state index in [-0.39, 0.29) is 17.4 Å². The summed E-state index contributed by atoms with van der Waals surface area (Å²) in [4.78, 5) is 32.5. The van der Waals surface area contributed by atoms with Crippen LogP contribution in [0, 0.1) is 6.92 Å². The minimum Gasteiger partial charge on any atom is -0.460 e. The van der Waals surface area contributed by atoms with Crippen LogP contribution in [0.2, 0.25) is 0 Å². The molecule has 1 aliphatic heterocycles. The molecule has 0 bridgehead atoms. The van der Waals surface area contributed by atoms with E-state index in [1.165, 1.54) is 6.07 Å². The van der Waals surface area contributed by atoms with Crippen molar-refractivity contribution in [2.24, 2.45) is 0 Å². The number of likely N-dealkylation sites (tertiary alicyclic amines) is 1. The molecule has 1 aliphatic rings. The zero-order chi connectivity index (χ0) is 20.0. The molecular weight excluding hydrogens is 366 g/mol. The highest BCUT2D eigenvalue weighted by atomic mass is 16.3. The summed E-state index contributed by atoms with van der Waals surface area (Å²) in [5.74, 6) is 1.18. The molecule has 0 aliphatic carbocycles. The van der Waals surface area contributed by atoms with E-state index in [1.807, 2.05) is 24.3 Å². The third-order valence-electron chi connectivity index (χ3n) is 5.46. The summed E-state index contributed by atoms with van der Waals surface area (Å²) in [6.45, 7) is 3.38. The second kappa shape index (κ2) is 6.74. The van der Waals surface area contributed by atoms with Crippen LogP contribution in [0.1, 0.15) is 22.8 Å². The van der Waals surface area contributed by atoms with Gasteiger partial charge in [-0.1, -0.05) is 18.2 Å². The molecule has 0 radical (unpaired) electrons. The predicted octanol–water partition coefficient (Wildman–Crippen LogP) is 3.62. The fourth-order valence-corrected chi connectivity index (χ4v) is 3.83. The zero-order valence-electron chi connectivity index (χ0n) is 15.9. The first kappa shape index (κ1) is 17.4. The van der Waals surface area contributed by atoms with Gasteiger partial charge in [0.2, 0.25) is 11.5 Å². The lowest BCUT2D eigenvalue weighted by atomic mass is 9.94. The second-order valence-electron chi connectivity index (χ2n) is 7.39.